The van der Waals surface area contributed by atoms with E-state index < -0.39 is 12.1 Å². The number of hydrogen-bond acceptors (Lipinski definition) is 2. The van der Waals surface area contributed by atoms with Crippen LogP contribution in [-0.4, -0.2) is 11.3 Å². The van der Waals surface area contributed by atoms with E-state index in [1.165, 1.54) is 0 Å². The van der Waals surface area contributed by atoms with Crippen molar-refractivity contribution in [3.63, 3.8) is 0 Å². The fraction of sp³-hybridized carbons (Fsp3) is 0.333. The first-order valence-electron chi connectivity index (χ1n) is 4.08. The van der Waals surface area contributed by atoms with Gasteiger partial charge in [0.25, 0.3) is 0 Å². The molecule has 6 heteroatoms. The Morgan fingerprint density at radius 3 is 2.40 bits per heavy atom. The highest BCUT2D eigenvalue weighted by Crippen LogP contribution is 2.40. The average Bonchev–Trinajstić information content (AvgIpc) is 2.08. The summed E-state index contributed by atoms with van der Waals surface area (Å²) in [7, 11) is 0. The Hall–Kier alpha value is -1.10. The van der Waals surface area contributed by atoms with Crippen LogP contribution in [0.1, 0.15) is 18.4 Å². The van der Waals surface area contributed by atoms with Gasteiger partial charge in [0, 0.05) is 11.1 Å². The molecule has 1 atom stereocenters. The second-order valence-corrected chi connectivity index (χ2v) is 3.60. The fourth-order valence-electron chi connectivity index (χ4n) is 1.11. The number of halogens is 4. The van der Waals surface area contributed by atoms with Gasteiger partial charge in [-0.25, -0.2) is 0 Å². The predicted octanol–water partition coefficient (Wildman–Crippen LogP) is 3.29. The number of hydrogen-bond donors (Lipinski definition) is 2. The summed E-state index contributed by atoms with van der Waals surface area (Å²) >= 11 is 5.59. The zero-order valence-corrected chi connectivity index (χ0v) is 8.52. The molecule has 0 bridgehead atoms. The van der Waals surface area contributed by atoms with E-state index >= 15 is 0 Å². The molecule has 1 aromatic carbocycles. The monoisotopic (exact) mass is 239 g/mol. The molecule has 0 aliphatic heterocycles. The molecule has 0 fully saturated rings. The van der Waals surface area contributed by atoms with Gasteiger partial charge in [0.05, 0.1) is 11.6 Å². The third-order valence-electron chi connectivity index (χ3n) is 2.10. The summed E-state index contributed by atoms with van der Waals surface area (Å²) in [5.74, 6) is -2.04. The summed E-state index contributed by atoms with van der Waals surface area (Å²) in [4.78, 5) is 0. The van der Waals surface area contributed by atoms with Crippen molar-refractivity contribution in [3.8, 4) is 5.75 Å². The first kappa shape index (κ1) is 12.0. The van der Waals surface area contributed by atoms with E-state index in [2.05, 4.69) is 0 Å². The van der Waals surface area contributed by atoms with Crippen molar-refractivity contribution in [2.24, 2.45) is 0 Å². The van der Waals surface area contributed by atoms with Crippen LogP contribution in [0.3, 0.4) is 0 Å². The van der Waals surface area contributed by atoms with Crippen LogP contribution in [-0.2, 0) is 0 Å². The summed E-state index contributed by atoms with van der Waals surface area (Å²) in [5.41, 5.74) is 5.04. The van der Waals surface area contributed by atoms with E-state index in [0.29, 0.717) is 0 Å². The SMILES string of the molecule is CC(c1cc(N)c(O)cc1Cl)C(F)(F)F. The molecule has 3 N–H and O–H groups in total. The number of anilines is 1. The Bertz CT molecular complexity index is 378. The Morgan fingerprint density at radius 1 is 1.40 bits per heavy atom. The maximum absolute atomic E-state index is 12.4. The van der Waals surface area contributed by atoms with E-state index in [9.17, 15) is 13.2 Å². The van der Waals surface area contributed by atoms with E-state index in [1.807, 2.05) is 0 Å². The lowest BCUT2D eigenvalue weighted by Gasteiger charge is -2.17. The lowest BCUT2D eigenvalue weighted by Crippen LogP contribution is -2.18. The van der Waals surface area contributed by atoms with Crippen LogP contribution in [0.2, 0.25) is 5.02 Å². The summed E-state index contributed by atoms with van der Waals surface area (Å²) in [6.07, 6.45) is -4.38. The predicted molar refractivity (Wildman–Crippen MR) is 52.0 cm³/mol. The molecule has 0 heterocycles. The molecule has 2 nitrogen and oxygen atoms in total. The topological polar surface area (TPSA) is 46.2 Å². The second-order valence-electron chi connectivity index (χ2n) is 3.20. The highest BCUT2D eigenvalue weighted by molar-refractivity contribution is 6.31. The van der Waals surface area contributed by atoms with Crippen molar-refractivity contribution in [1.82, 2.24) is 0 Å². The van der Waals surface area contributed by atoms with Crippen LogP contribution >= 0.6 is 11.6 Å². The van der Waals surface area contributed by atoms with E-state index in [4.69, 9.17) is 22.4 Å². The van der Waals surface area contributed by atoms with Gasteiger partial charge in [0.15, 0.2) is 0 Å². The van der Waals surface area contributed by atoms with Crippen molar-refractivity contribution in [2.45, 2.75) is 19.0 Å². The number of phenolic OH excluding ortho intramolecular Hbond substituents is 1. The molecule has 0 aliphatic carbocycles. The van der Waals surface area contributed by atoms with Crippen molar-refractivity contribution in [1.29, 1.82) is 0 Å². The van der Waals surface area contributed by atoms with Crippen LogP contribution in [0, 0.1) is 0 Å². The van der Waals surface area contributed by atoms with Crippen molar-refractivity contribution in [3.05, 3.63) is 22.7 Å². The normalized spacial score (nSPS) is 13.9. The Labute approximate surface area is 89.5 Å². The van der Waals surface area contributed by atoms with Crippen LogP contribution in [0.15, 0.2) is 12.1 Å². The summed E-state index contributed by atoms with van der Waals surface area (Å²) in [6, 6.07) is 2.05. The number of nitrogen functional groups attached to an aromatic ring is 1. The van der Waals surface area contributed by atoms with E-state index in [1.54, 1.807) is 0 Å². The van der Waals surface area contributed by atoms with Gasteiger partial charge in [-0.05, 0) is 18.6 Å². The van der Waals surface area contributed by atoms with Gasteiger partial charge < -0.3 is 10.8 Å². The maximum Gasteiger partial charge on any atom is 0.395 e. The number of benzene rings is 1. The zero-order chi connectivity index (χ0) is 11.8. The number of alkyl halides is 3. The molecule has 0 aliphatic rings. The van der Waals surface area contributed by atoms with E-state index in [-0.39, 0.29) is 22.0 Å². The summed E-state index contributed by atoms with van der Waals surface area (Å²) in [5, 5.41) is 8.97. The molecule has 1 rings (SSSR count). The Morgan fingerprint density at radius 2 is 1.93 bits per heavy atom. The van der Waals surface area contributed by atoms with E-state index in [0.717, 1.165) is 19.1 Å². The molecule has 0 radical (unpaired) electrons. The quantitative estimate of drug-likeness (QED) is 0.583. The molecule has 0 amide bonds. The molecule has 0 saturated carbocycles. The molecular formula is C9H9ClF3NO. The highest BCUT2D eigenvalue weighted by Gasteiger charge is 2.38. The van der Waals surface area contributed by atoms with Crippen LogP contribution in [0.5, 0.6) is 5.75 Å². The first-order chi connectivity index (χ1) is 6.73. The first-order valence-corrected chi connectivity index (χ1v) is 4.46. The maximum atomic E-state index is 12.4. The van der Waals surface area contributed by atoms with Crippen molar-refractivity contribution >= 4 is 17.3 Å². The average molecular weight is 240 g/mol. The minimum absolute atomic E-state index is 0.120. The minimum Gasteiger partial charge on any atom is -0.506 e. The molecular weight excluding hydrogens is 231 g/mol. The molecule has 1 aromatic rings. The number of nitrogens with two attached hydrogens (primary N) is 1. The van der Waals surface area contributed by atoms with Gasteiger partial charge >= 0.3 is 6.18 Å². The third kappa shape index (κ3) is 2.47. The largest absolute Gasteiger partial charge is 0.506 e. The minimum atomic E-state index is -4.38. The number of aromatic hydroxyl groups is 1. The third-order valence-corrected chi connectivity index (χ3v) is 2.43. The van der Waals surface area contributed by atoms with Crippen LogP contribution < -0.4 is 5.73 Å². The fourth-order valence-corrected chi connectivity index (χ4v) is 1.43. The van der Waals surface area contributed by atoms with Gasteiger partial charge in [-0.15, -0.1) is 0 Å². The van der Waals surface area contributed by atoms with Gasteiger partial charge in [-0.2, -0.15) is 13.2 Å². The Balaban J connectivity index is 3.21. The zero-order valence-electron chi connectivity index (χ0n) is 7.77. The summed E-state index contributed by atoms with van der Waals surface area (Å²) < 4.78 is 37.2. The van der Waals surface area contributed by atoms with Gasteiger partial charge in [-0.3, -0.25) is 0 Å². The highest BCUT2D eigenvalue weighted by atomic mass is 35.5. The summed E-state index contributed by atoms with van der Waals surface area (Å²) in [6.45, 7) is 0.984. The lowest BCUT2D eigenvalue weighted by molar-refractivity contribution is -0.146. The Kier molecular flexibility index (Phi) is 3.04. The van der Waals surface area contributed by atoms with Crippen LogP contribution in [0.4, 0.5) is 18.9 Å². The molecule has 0 aromatic heterocycles. The smallest absolute Gasteiger partial charge is 0.395 e. The van der Waals surface area contributed by atoms with Gasteiger partial charge in [0.2, 0.25) is 0 Å². The molecule has 1 unspecified atom stereocenters. The standard InChI is InChI=1S/C9H9ClF3NO/c1-4(9(11,12)13)5-2-7(14)8(15)3-6(5)10/h2-4,15H,14H2,1H3. The number of phenols is 1. The number of rotatable bonds is 1. The van der Waals surface area contributed by atoms with Crippen molar-refractivity contribution < 1.29 is 18.3 Å². The molecule has 84 valence electrons. The van der Waals surface area contributed by atoms with Crippen LogP contribution in [0.25, 0.3) is 0 Å². The van der Waals surface area contributed by atoms with Gasteiger partial charge in [0.1, 0.15) is 5.75 Å². The lowest BCUT2D eigenvalue weighted by atomic mass is 10.00. The van der Waals surface area contributed by atoms with Crippen molar-refractivity contribution in [2.75, 3.05) is 5.73 Å². The molecule has 0 spiro atoms. The molecule has 15 heavy (non-hydrogen) atoms. The second kappa shape index (κ2) is 3.81. The van der Waals surface area contributed by atoms with Gasteiger partial charge in [-0.1, -0.05) is 11.6 Å². The molecule has 0 saturated heterocycles.